The standard InChI is InChI=1S/C21H40/c1-3-5-7-9-11-13-15-17-19-21-20-18-16-14-12-10-8-6-4-2/h3-6H,7-21H2,1-2H3. The number of allylic oxidation sites excluding steroid dienone is 4. The third-order valence-electron chi connectivity index (χ3n) is 4.21. The van der Waals surface area contributed by atoms with Gasteiger partial charge in [0.05, 0.1) is 0 Å². The molecule has 0 nitrogen and oxygen atoms in total. The molecule has 0 atom stereocenters. The lowest BCUT2D eigenvalue weighted by atomic mass is 10.0. The van der Waals surface area contributed by atoms with Crippen molar-refractivity contribution >= 4 is 0 Å². The monoisotopic (exact) mass is 292 g/mol. The summed E-state index contributed by atoms with van der Waals surface area (Å²) in [5.41, 5.74) is 0. The Kier molecular flexibility index (Phi) is 19.0. The Labute approximate surface area is 135 Å². The molecule has 0 aliphatic rings. The molecule has 21 heavy (non-hydrogen) atoms. The van der Waals surface area contributed by atoms with E-state index >= 15 is 0 Å². The second-order valence-corrected chi connectivity index (χ2v) is 6.31. The molecular weight excluding hydrogens is 252 g/mol. The summed E-state index contributed by atoms with van der Waals surface area (Å²) in [5.74, 6) is 0. The molecule has 0 heteroatoms. The minimum Gasteiger partial charge on any atom is -0.0917 e. The molecule has 0 amide bonds. The Morgan fingerprint density at radius 3 is 0.857 bits per heavy atom. The average Bonchev–Trinajstić information content (AvgIpc) is 2.50. The van der Waals surface area contributed by atoms with Crippen LogP contribution >= 0.6 is 0 Å². The second-order valence-electron chi connectivity index (χ2n) is 6.31. The maximum absolute atomic E-state index is 2.29. The summed E-state index contributed by atoms with van der Waals surface area (Å²) < 4.78 is 0. The van der Waals surface area contributed by atoms with E-state index in [4.69, 9.17) is 0 Å². The Bertz CT molecular complexity index is 200. The van der Waals surface area contributed by atoms with Crippen LogP contribution in [0.1, 0.15) is 110 Å². The zero-order valence-corrected chi connectivity index (χ0v) is 14.9. The van der Waals surface area contributed by atoms with E-state index in [2.05, 4.69) is 38.2 Å². The van der Waals surface area contributed by atoms with Crippen molar-refractivity contribution < 1.29 is 0 Å². The first-order valence-electron chi connectivity index (χ1n) is 9.64. The van der Waals surface area contributed by atoms with E-state index in [9.17, 15) is 0 Å². The van der Waals surface area contributed by atoms with Gasteiger partial charge in [0.2, 0.25) is 0 Å². The lowest BCUT2D eigenvalue weighted by Gasteiger charge is -2.02. The molecule has 0 unspecified atom stereocenters. The molecular formula is C21H40. The maximum Gasteiger partial charge on any atom is -0.0351 e. The second kappa shape index (κ2) is 19.5. The fourth-order valence-electron chi connectivity index (χ4n) is 2.80. The van der Waals surface area contributed by atoms with Gasteiger partial charge in [-0.05, 0) is 39.5 Å². The zero-order valence-electron chi connectivity index (χ0n) is 14.9. The molecule has 0 spiro atoms. The van der Waals surface area contributed by atoms with Crippen molar-refractivity contribution in [3.05, 3.63) is 24.3 Å². The van der Waals surface area contributed by atoms with Gasteiger partial charge in [-0.3, -0.25) is 0 Å². The number of unbranched alkanes of at least 4 members (excludes halogenated alkanes) is 14. The maximum atomic E-state index is 2.29. The molecule has 0 aliphatic carbocycles. The summed E-state index contributed by atoms with van der Waals surface area (Å²) in [6.45, 7) is 4.23. The first-order chi connectivity index (χ1) is 10.4. The van der Waals surface area contributed by atoms with Crippen molar-refractivity contribution in [2.24, 2.45) is 0 Å². The molecule has 124 valence electrons. The highest BCUT2D eigenvalue weighted by Crippen LogP contribution is 2.13. The van der Waals surface area contributed by atoms with Crippen LogP contribution in [-0.2, 0) is 0 Å². The summed E-state index contributed by atoms with van der Waals surface area (Å²) in [5, 5.41) is 0. The summed E-state index contributed by atoms with van der Waals surface area (Å²) in [6, 6.07) is 0. The normalized spacial score (nSPS) is 11.9. The third kappa shape index (κ3) is 19.5. The summed E-state index contributed by atoms with van der Waals surface area (Å²) in [6.07, 6.45) is 30.3. The van der Waals surface area contributed by atoms with Gasteiger partial charge in [-0.2, -0.15) is 0 Å². The van der Waals surface area contributed by atoms with Gasteiger partial charge < -0.3 is 0 Å². The van der Waals surface area contributed by atoms with Crippen LogP contribution in [0, 0.1) is 0 Å². The Balaban J connectivity index is 2.96. The van der Waals surface area contributed by atoms with Crippen molar-refractivity contribution in [3.63, 3.8) is 0 Å². The van der Waals surface area contributed by atoms with Crippen LogP contribution in [0.5, 0.6) is 0 Å². The van der Waals surface area contributed by atoms with Crippen LogP contribution in [0.25, 0.3) is 0 Å². The highest BCUT2D eigenvalue weighted by molar-refractivity contribution is 4.76. The minimum absolute atomic E-state index is 1.28. The summed E-state index contributed by atoms with van der Waals surface area (Å²) in [4.78, 5) is 0. The van der Waals surface area contributed by atoms with E-state index in [1.165, 1.54) is 96.3 Å². The highest BCUT2D eigenvalue weighted by atomic mass is 14.0. The van der Waals surface area contributed by atoms with Gasteiger partial charge in [0.25, 0.3) is 0 Å². The molecule has 0 radical (unpaired) electrons. The predicted octanol–water partition coefficient (Wildman–Crippen LogP) is 7.99. The van der Waals surface area contributed by atoms with Crippen molar-refractivity contribution in [2.75, 3.05) is 0 Å². The predicted molar refractivity (Wildman–Crippen MR) is 98.9 cm³/mol. The number of hydrogen-bond acceptors (Lipinski definition) is 0. The lowest BCUT2D eigenvalue weighted by Crippen LogP contribution is -1.83. The smallest absolute Gasteiger partial charge is 0.0351 e. The molecule has 0 rings (SSSR count). The van der Waals surface area contributed by atoms with Crippen LogP contribution in [0.15, 0.2) is 24.3 Å². The van der Waals surface area contributed by atoms with E-state index < -0.39 is 0 Å². The zero-order chi connectivity index (χ0) is 15.4. The largest absolute Gasteiger partial charge is 0.0917 e. The summed E-state index contributed by atoms with van der Waals surface area (Å²) >= 11 is 0. The van der Waals surface area contributed by atoms with Gasteiger partial charge in [0.15, 0.2) is 0 Å². The molecule has 0 aliphatic heterocycles. The number of hydrogen-bond donors (Lipinski definition) is 0. The molecule has 0 bridgehead atoms. The Morgan fingerprint density at radius 1 is 0.381 bits per heavy atom. The highest BCUT2D eigenvalue weighted by Gasteiger charge is 1.93. The van der Waals surface area contributed by atoms with Gasteiger partial charge in [0, 0.05) is 0 Å². The lowest BCUT2D eigenvalue weighted by molar-refractivity contribution is 0.538. The molecule has 0 saturated carbocycles. The van der Waals surface area contributed by atoms with Gasteiger partial charge in [-0.1, -0.05) is 94.9 Å². The summed E-state index contributed by atoms with van der Waals surface area (Å²) in [7, 11) is 0. The van der Waals surface area contributed by atoms with Gasteiger partial charge in [-0.15, -0.1) is 0 Å². The molecule has 0 fully saturated rings. The SMILES string of the molecule is CC=CCCCCCCCCCCCCCCCC=CC. The Morgan fingerprint density at radius 2 is 0.619 bits per heavy atom. The first-order valence-corrected chi connectivity index (χ1v) is 9.64. The van der Waals surface area contributed by atoms with E-state index in [1.807, 2.05) is 0 Å². The molecule has 0 saturated heterocycles. The minimum atomic E-state index is 1.28. The quantitative estimate of drug-likeness (QED) is 0.200. The molecule has 0 heterocycles. The van der Waals surface area contributed by atoms with Crippen molar-refractivity contribution in [1.29, 1.82) is 0 Å². The van der Waals surface area contributed by atoms with E-state index in [0.717, 1.165) is 0 Å². The van der Waals surface area contributed by atoms with Crippen molar-refractivity contribution in [1.82, 2.24) is 0 Å². The van der Waals surface area contributed by atoms with E-state index in [0.29, 0.717) is 0 Å². The average molecular weight is 293 g/mol. The fraction of sp³-hybridized carbons (Fsp3) is 0.810. The molecule has 0 aromatic rings. The molecule has 0 N–H and O–H groups in total. The van der Waals surface area contributed by atoms with Gasteiger partial charge in [-0.25, -0.2) is 0 Å². The van der Waals surface area contributed by atoms with Crippen LogP contribution in [0.2, 0.25) is 0 Å². The van der Waals surface area contributed by atoms with Gasteiger partial charge >= 0.3 is 0 Å². The van der Waals surface area contributed by atoms with Crippen LogP contribution in [-0.4, -0.2) is 0 Å². The van der Waals surface area contributed by atoms with Gasteiger partial charge in [0.1, 0.15) is 0 Å². The van der Waals surface area contributed by atoms with E-state index in [-0.39, 0.29) is 0 Å². The van der Waals surface area contributed by atoms with Crippen molar-refractivity contribution in [3.8, 4) is 0 Å². The van der Waals surface area contributed by atoms with E-state index in [1.54, 1.807) is 0 Å². The first kappa shape index (κ1) is 20.5. The number of rotatable bonds is 16. The van der Waals surface area contributed by atoms with Crippen molar-refractivity contribution in [2.45, 2.75) is 110 Å². The van der Waals surface area contributed by atoms with Crippen LogP contribution in [0.4, 0.5) is 0 Å². The van der Waals surface area contributed by atoms with Crippen LogP contribution < -0.4 is 0 Å². The topological polar surface area (TPSA) is 0 Å². The molecule has 0 aromatic heterocycles. The molecule has 0 aromatic carbocycles. The fourth-order valence-corrected chi connectivity index (χ4v) is 2.80. The van der Waals surface area contributed by atoms with Crippen LogP contribution in [0.3, 0.4) is 0 Å². The third-order valence-corrected chi connectivity index (χ3v) is 4.21. The Hall–Kier alpha value is -0.520.